The van der Waals surface area contributed by atoms with Gasteiger partial charge in [-0.25, -0.2) is 12.7 Å². The van der Waals surface area contributed by atoms with Crippen LogP contribution in [-0.4, -0.2) is 47.5 Å². The first-order chi connectivity index (χ1) is 13.6. The van der Waals surface area contributed by atoms with E-state index in [-0.39, 0.29) is 16.9 Å². The first-order valence-corrected chi connectivity index (χ1v) is 10.9. The summed E-state index contributed by atoms with van der Waals surface area (Å²) < 4.78 is 33.2. The zero-order chi connectivity index (χ0) is 21.3. The number of sulfonamides is 1. The van der Waals surface area contributed by atoms with Crippen LogP contribution in [0.5, 0.6) is 5.88 Å². The quantitative estimate of drug-likeness (QED) is 0.631. The maximum absolute atomic E-state index is 12.3. The Bertz CT molecular complexity index is 1100. The van der Waals surface area contributed by atoms with Crippen molar-refractivity contribution in [3.05, 3.63) is 42.1 Å². The average Bonchev–Trinajstić information content (AvgIpc) is 3.06. The number of benzene rings is 1. The van der Waals surface area contributed by atoms with Crippen molar-refractivity contribution < 1.29 is 13.2 Å². The lowest BCUT2D eigenvalue weighted by Gasteiger charge is -2.15. The number of hydrogen-bond acceptors (Lipinski definition) is 6. The monoisotopic (exact) mass is 417 g/mol. The van der Waals surface area contributed by atoms with E-state index in [1.165, 1.54) is 18.4 Å². The fraction of sp³-hybridized carbons (Fsp3) is 0.400. The van der Waals surface area contributed by atoms with Crippen LogP contribution >= 0.6 is 0 Å². The molecule has 0 aliphatic carbocycles. The molecule has 3 aromatic rings. The number of nitrogens with one attached hydrogen (secondary N) is 1. The second kappa shape index (κ2) is 8.00. The normalized spacial score (nSPS) is 12.3. The molecule has 0 saturated carbocycles. The van der Waals surface area contributed by atoms with Gasteiger partial charge in [0, 0.05) is 31.4 Å². The third-order valence-corrected chi connectivity index (χ3v) is 6.19. The number of rotatable bonds is 7. The summed E-state index contributed by atoms with van der Waals surface area (Å²) >= 11 is 0. The van der Waals surface area contributed by atoms with Crippen molar-refractivity contribution in [2.24, 2.45) is 0 Å². The molecular formula is C20H27N5O3S. The Labute approximate surface area is 171 Å². The molecule has 0 fully saturated rings. The van der Waals surface area contributed by atoms with E-state index in [9.17, 15) is 8.42 Å². The van der Waals surface area contributed by atoms with Gasteiger partial charge in [-0.3, -0.25) is 0 Å². The lowest BCUT2D eigenvalue weighted by Crippen LogP contribution is -2.22. The summed E-state index contributed by atoms with van der Waals surface area (Å²) in [5, 5.41) is 7.76. The molecule has 1 N–H and O–H groups in total. The summed E-state index contributed by atoms with van der Waals surface area (Å²) in [6, 6.07) is 8.37. The van der Waals surface area contributed by atoms with Crippen molar-refractivity contribution >= 4 is 27.2 Å². The maximum Gasteiger partial charge on any atom is 0.242 e. The minimum Gasteiger partial charge on any atom is -0.475 e. The summed E-state index contributed by atoms with van der Waals surface area (Å²) in [4.78, 5) is 4.85. The fourth-order valence-electron chi connectivity index (χ4n) is 2.82. The van der Waals surface area contributed by atoms with Crippen LogP contribution in [0, 0.1) is 0 Å². The van der Waals surface area contributed by atoms with E-state index in [4.69, 9.17) is 4.74 Å². The van der Waals surface area contributed by atoms with Crippen LogP contribution in [0.4, 0.5) is 11.5 Å². The minimum absolute atomic E-state index is 0.0151. The molecule has 9 heteroatoms. The highest BCUT2D eigenvalue weighted by Gasteiger charge is 2.18. The molecule has 3 rings (SSSR count). The van der Waals surface area contributed by atoms with Gasteiger partial charge >= 0.3 is 0 Å². The Morgan fingerprint density at radius 2 is 1.76 bits per heavy atom. The predicted octanol–water partition coefficient (Wildman–Crippen LogP) is 3.63. The van der Waals surface area contributed by atoms with Gasteiger partial charge in [-0.15, -0.1) is 0 Å². The van der Waals surface area contributed by atoms with Crippen LogP contribution < -0.4 is 10.1 Å². The molecule has 0 aliphatic rings. The molecule has 0 aliphatic heterocycles. The first kappa shape index (κ1) is 21.1. The summed E-state index contributed by atoms with van der Waals surface area (Å²) in [7, 11) is -0.451. The third-order valence-electron chi connectivity index (χ3n) is 4.36. The summed E-state index contributed by atoms with van der Waals surface area (Å²) in [5.74, 6) is 1.45. The van der Waals surface area contributed by atoms with E-state index >= 15 is 0 Å². The van der Waals surface area contributed by atoms with E-state index in [0.717, 1.165) is 16.9 Å². The highest BCUT2D eigenvalue weighted by atomic mass is 32.2. The van der Waals surface area contributed by atoms with Gasteiger partial charge in [-0.1, -0.05) is 13.8 Å². The van der Waals surface area contributed by atoms with Crippen molar-refractivity contribution in [3.63, 3.8) is 0 Å². The van der Waals surface area contributed by atoms with E-state index < -0.39 is 10.0 Å². The minimum atomic E-state index is -3.47. The molecule has 0 radical (unpaired) electrons. The number of nitrogens with zero attached hydrogens (tertiary/aromatic N) is 4. The molecule has 156 valence electrons. The number of aromatic nitrogens is 3. The van der Waals surface area contributed by atoms with Crippen LogP contribution in [0.15, 0.2) is 41.4 Å². The van der Waals surface area contributed by atoms with Crippen LogP contribution in [0.1, 0.15) is 39.2 Å². The van der Waals surface area contributed by atoms with Crippen molar-refractivity contribution in [3.8, 4) is 5.88 Å². The summed E-state index contributed by atoms with van der Waals surface area (Å²) in [6.07, 6.45) is 1.79. The lowest BCUT2D eigenvalue weighted by molar-refractivity contribution is 0.233. The highest BCUT2D eigenvalue weighted by molar-refractivity contribution is 7.89. The molecule has 0 atom stereocenters. The number of hydrogen-bond donors (Lipinski definition) is 1. The van der Waals surface area contributed by atoms with Crippen molar-refractivity contribution in [2.45, 2.75) is 44.6 Å². The van der Waals surface area contributed by atoms with Gasteiger partial charge in [-0.2, -0.15) is 14.6 Å². The summed E-state index contributed by atoms with van der Waals surface area (Å²) in [6.45, 7) is 8.07. The molecule has 2 aromatic heterocycles. The zero-order valence-corrected chi connectivity index (χ0v) is 18.4. The van der Waals surface area contributed by atoms with Crippen LogP contribution in [0.2, 0.25) is 0 Å². The lowest BCUT2D eigenvalue weighted by atomic mass is 10.1. The van der Waals surface area contributed by atoms with E-state index in [2.05, 4.69) is 29.2 Å². The van der Waals surface area contributed by atoms with Crippen LogP contribution in [-0.2, 0) is 10.0 Å². The Hall–Kier alpha value is -2.65. The van der Waals surface area contributed by atoms with Crippen LogP contribution in [0.3, 0.4) is 0 Å². The number of fused-ring (bicyclic) bond motifs is 1. The maximum atomic E-state index is 12.3. The Morgan fingerprint density at radius 1 is 1.10 bits per heavy atom. The van der Waals surface area contributed by atoms with E-state index in [0.29, 0.717) is 11.7 Å². The van der Waals surface area contributed by atoms with E-state index in [1.54, 1.807) is 34.8 Å². The van der Waals surface area contributed by atoms with Gasteiger partial charge < -0.3 is 10.1 Å². The van der Waals surface area contributed by atoms with Crippen LogP contribution in [0.25, 0.3) is 5.65 Å². The number of anilines is 2. The largest absolute Gasteiger partial charge is 0.475 e. The first-order valence-electron chi connectivity index (χ1n) is 9.44. The molecule has 29 heavy (non-hydrogen) atoms. The standard InChI is InChI=1S/C20H27N5O3S/c1-13(2)17-12-21-25-18(11-19(23-20(17)25)28-14(3)4)22-15-7-9-16(10-8-15)29(26,27)24(5)6/h7-14,22H,1-6H3. The molecule has 0 saturated heterocycles. The topological polar surface area (TPSA) is 88.8 Å². The van der Waals surface area contributed by atoms with Crippen molar-refractivity contribution in [1.82, 2.24) is 18.9 Å². The average molecular weight is 418 g/mol. The molecule has 0 amide bonds. The fourth-order valence-corrected chi connectivity index (χ4v) is 3.73. The molecule has 0 bridgehead atoms. The predicted molar refractivity (Wildman–Crippen MR) is 113 cm³/mol. The SMILES string of the molecule is CC(C)Oc1cc(Nc2ccc(S(=O)(=O)N(C)C)cc2)n2ncc(C(C)C)c2n1. The van der Waals surface area contributed by atoms with Gasteiger partial charge in [0.25, 0.3) is 0 Å². The molecule has 2 heterocycles. The molecule has 8 nitrogen and oxygen atoms in total. The Kier molecular flexibility index (Phi) is 5.81. The Balaban J connectivity index is 2.01. The highest BCUT2D eigenvalue weighted by Crippen LogP contribution is 2.27. The van der Waals surface area contributed by atoms with Gasteiger partial charge in [0.05, 0.1) is 17.2 Å². The van der Waals surface area contributed by atoms with Gasteiger partial charge in [0.15, 0.2) is 5.65 Å². The van der Waals surface area contributed by atoms with Gasteiger partial charge in [-0.05, 0) is 44.0 Å². The smallest absolute Gasteiger partial charge is 0.242 e. The number of ether oxygens (including phenoxy) is 1. The van der Waals surface area contributed by atoms with Crippen molar-refractivity contribution in [1.29, 1.82) is 0 Å². The second-order valence-corrected chi connectivity index (χ2v) is 9.72. The Morgan fingerprint density at radius 3 is 2.31 bits per heavy atom. The summed E-state index contributed by atoms with van der Waals surface area (Å²) in [5.41, 5.74) is 2.48. The molecule has 0 unspecified atom stereocenters. The zero-order valence-electron chi connectivity index (χ0n) is 17.5. The molecule has 1 aromatic carbocycles. The van der Waals surface area contributed by atoms with Crippen molar-refractivity contribution in [2.75, 3.05) is 19.4 Å². The van der Waals surface area contributed by atoms with E-state index in [1.807, 2.05) is 20.0 Å². The van der Waals surface area contributed by atoms with Gasteiger partial charge in [0.2, 0.25) is 15.9 Å². The molecular weight excluding hydrogens is 390 g/mol. The van der Waals surface area contributed by atoms with Gasteiger partial charge in [0.1, 0.15) is 5.82 Å². The third kappa shape index (κ3) is 4.35. The molecule has 0 spiro atoms. The second-order valence-electron chi connectivity index (χ2n) is 7.57.